The second-order valence-corrected chi connectivity index (χ2v) is 4.85. The summed E-state index contributed by atoms with van der Waals surface area (Å²) < 4.78 is 1.92. The molecule has 1 N–H and O–H groups in total. The molecule has 0 saturated carbocycles. The van der Waals surface area contributed by atoms with E-state index in [0.29, 0.717) is 30.3 Å². The molecule has 0 aliphatic rings. The summed E-state index contributed by atoms with van der Waals surface area (Å²) in [6, 6.07) is 1.76. The minimum Gasteiger partial charge on any atom is -0.359 e. The van der Waals surface area contributed by atoms with Crippen LogP contribution < -0.4 is 5.32 Å². The van der Waals surface area contributed by atoms with E-state index in [4.69, 9.17) is 23.2 Å². The van der Waals surface area contributed by atoms with Gasteiger partial charge in [0.2, 0.25) is 5.91 Å². The molecule has 0 atom stereocenters. The minimum atomic E-state index is -0.0207. The van der Waals surface area contributed by atoms with Crippen molar-refractivity contribution in [1.29, 1.82) is 0 Å². The molecule has 1 amide bonds. The third-order valence-electron chi connectivity index (χ3n) is 2.79. The Labute approximate surface area is 120 Å². The lowest BCUT2D eigenvalue weighted by atomic mass is 10.3. The molecule has 5 nitrogen and oxygen atoms in total. The Morgan fingerprint density at radius 1 is 1.53 bits per heavy atom. The fraction of sp³-hybridized carbons (Fsp3) is 0.417. The molecule has 0 spiro atoms. The van der Waals surface area contributed by atoms with Gasteiger partial charge in [-0.25, -0.2) is 9.97 Å². The number of nitrogens with zero attached hydrogens (tertiary/aromatic N) is 3. The van der Waals surface area contributed by atoms with E-state index in [-0.39, 0.29) is 5.91 Å². The van der Waals surface area contributed by atoms with Gasteiger partial charge in [0, 0.05) is 38.5 Å². The maximum atomic E-state index is 11.4. The van der Waals surface area contributed by atoms with E-state index in [1.54, 1.807) is 19.3 Å². The van der Waals surface area contributed by atoms with Gasteiger partial charge in [0.05, 0.1) is 5.02 Å². The molecule has 0 aliphatic heterocycles. The summed E-state index contributed by atoms with van der Waals surface area (Å²) in [5.74, 6) is 1.27. The van der Waals surface area contributed by atoms with Crippen LogP contribution in [0.3, 0.4) is 0 Å². The van der Waals surface area contributed by atoms with E-state index in [0.717, 1.165) is 17.0 Å². The average molecular weight is 301 g/mol. The molecule has 2 heterocycles. The highest BCUT2D eigenvalue weighted by atomic mass is 35.5. The lowest BCUT2D eigenvalue weighted by molar-refractivity contribution is -0.120. The first-order valence-electron chi connectivity index (χ1n) is 5.93. The van der Waals surface area contributed by atoms with Crippen LogP contribution in [0, 0.1) is 0 Å². The number of aromatic nitrogens is 3. The number of amides is 1. The van der Waals surface area contributed by atoms with Gasteiger partial charge in [-0.3, -0.25) is 4.79 Å². The van der Waals surface area contributed by atoms with Crippen molar-refractivity contribution in [2.45, 2.75) is 19.4 Å². The van der Waals surface area contributed by atoms with Gasteiger partial charge in [-0.15, -0.1) is 11.6 Å². The fourth-order valence-corrected chi connectivity index (χ4v) is 2.20. The molecule has 2 aromatic heterocycles. The Morgan fingerprint density at radius 3 is 3.00 bits per heavy atom. The highest BCUT2D eigenvalue weighted by molar-refractivity contribution is 6.31. The number of aryl methyl sites for hydroxylation is 2. The molecule has 7 heteroatoms. The summed E-state index contributed by atoms with van der Waals surface area (Å²) >= 11 is 11.7. The van der Waals surface area contributed by atoms with Gasteiger partial charge in [0.1, 0.15) is 11.3 Å². The lowest BCUT2D eigenvalue weighted by Gasteiger charge is -2.07. The topological polar surface area (TPSA) is 59.8 Å². The molecule has 0 bridgehead atoms. The van der Waals surface area contributed by atoms with Gasteiger partial charge in [-0.1, -0.05) is 11.6 Å². The zero-order chi connectivity index (χ0) is 13.8. The number of hydrogen-bond acceptors (Lipinski definition) is 3. The average Bonchev–Trinajstić information content (AvgIpc) is 2.73. The van der Waals surface area contributed by atoms with Crippen molar-refractivity contribution in [3.05, 3.63) is 23.1 Å². The Kier molecular flexibility index (Phi) is 4.61. The van der Waals surface area contributed by atoms with Gasteiger partial charge >= 0.3 is 0 Å². The Balaban J connectivity index is 2.37. The van der Waals surface area contributed by atoms with Crippen molar-refractivity contribution in [2.75, 3.05) is 12.9 Å². The van der Waals surface area contributed by atoms with Gasteiger partial charge in [0.25, 0.3) is 0 Å². The van der Waals surface area contributed by atoms with E-state index in [2.05, 4.69) is 15.3 Å². The SMILES string of the molecule is CNC(=O)CCn1c(CCCl)nc2cc(Cl)cnc21. The summed E-state index contributed by atoms with van der Waals surface area (Å²) in [6.07, 6.45) is 2.58. The van der Waals surface area contributed by atoms with Crippen molar-refractivity contribution >= 4 is 40.3 Å². The number of carbonyl (C=O) groups is 1. The highest BCUT2D eigenvalue weighted by Gasteiger charge is 2.12. The number of imidazole rings is 1. The number of pyridine rings is 1. The maximum Gasteiger partial charge on any atom is 0.221 e. The smallest absolute Gasteiger partial charge is 0.221 e. The first-order chi connectivity index (χ1) is 9.15. The normalized spacial score (nSPS) is 10.9. The standard InChI is InChI=1S/C12H14Cl2N4O/c1-15-11(19)3-5-18-10(2-4-13)17-9-6-8(14)7-16-12(9)18/h6-7H,2-5H2,1H3,(H,15,19). The van der Waals surface area contributed by atoms with E-state index in [1.807, 2.05) is 4.57 Å². The quantitative estimate of drug-likeness (QED) is 0.859. The third kappa shape index (κ3) is 3.16. The van der Waals surface area contributed by atoms with Crippen LogP contribution in [-0.2, 0) is 17.8 Å². The number of halogens is 2. The summed E-state index contributed by atoms with van der Waals surface area (Å²) in [5.41, 5.74) is 1.46. The monoisotopic (exact) mass is 300 g/mol. The highest BCUT2D eigenvalue weighted by Crippen LogP contribution is 2.19. The van der Waals surface area contributed by atoms with Crippen LogP contribution in [-0.4, -0.2) is 33.4 Å². The first kappa shape index (κ1) is 14.1. The van der Waals surface area contributed by atoms with Gasteiger partial charge in [-0.2, -0.15) is 0 Å². The number of rotatable bonds is 5. The van der Waals surface area contributed by atoms with Gasteiger partial charge < -0.3 is 9.88 Å². The van der Waals surface area contributed by atoms with Crippen LogP contribution in [0.5, 0.6) is 0 Å². The molecular formula is C12H14Cl2N4O. The van der Waals surface area contributed by atoms with Crippen LogP contribution in [0.1, 0.15) is 12.2 Å². The zero-order valence-electron chi connectivity index (χ0n) is 10.5. The fourth-order valence-electron chi connectivity index (χ4n) is 1.88. The van der Waals surface area contributed by atoms with Gasteiger partial charge in [-0.05, 0) is 6.07 Å². The maximum absolute atomic E-state index is 11.4. The molecule has 0 aliphatic carbocycles. The largest absolute Gasteiger partial charge is 0.359 e. The number of fused-ring (bicyclic) bond motifs is 1. The number of alkyl halides is 1. The second kappa shape index (κ2) is 6.21. The molecule has 2 aromatic rings. The number of hydrogen-bond donors (Lipinski definition) is 1. The van der Waals surface area contributed by atoms with E-state index < -0.39 is 0 Å². The van der Waals surface area contributed by atoms with Crippen molar-refractivity contribution in [2.24, 2.45) is 0 Å². The van der Waals surface area contributed by atoms with Crippen molar-refractivity contribution in [3.63, 3.8) is 0 Å². The number of carbonyl (C=O) groups excluding carboxylic acids is 1. The Hall–Kier alpha value is -1.33. The lowest BCUT2D eigenvalue weighted by Crippen LogP contribution is -2.20. The second-order valence-electron chi connectivity index (χ2n) is 4.04. The van der Waals surface area contributed by atoms with Crippen LogP contribution >= 0.6 is 23.2 Å². The number of nitrogens with one attached hydrogen (secondary N) is 1. The minimum absolute atomic E-state index is 0.0207. The van der Waals surface area contributed by atoms with Crippen LogP contribution in [0.15, 0.2) is 12.3 Å². The molecule has 0 saturated heterocycles. The summed E-state index contributed by atoms with van der Waals surface area (Å²) in [5, 5.41) is 3.14. The molecular weight excluding hydrogens is 287 g/mol. The van der Waals surface area contributed by atoms with Crippen LogP contribution in [0.2, 0.25) is 5.02 Å². The third-order valence-corrected chi connectivity index (χ3v) is 3.19. The van der Waals surface area contributed by atoms with Crippen LogP contribution in [0.4, 0.5) is 0 Å². The van der Waals surface area contributed by atoms with E-state index in [9.17, 15) is 4.79 Å². The van der Waals surface area contributed by atoms with Crippen molar-refractivity contribution in [3.8, 4) is 0 Å². The first-order valence-corrected chi connectivity index (χ1v) is 6.84. The molecule has 0 radical (unpaired) electrons. The summed E-state index contributed by atoms with van der Waals surface area (Å²) in [4.78, 5) is 20.1. The predicted octanol–water partition coefficient (Wildman–Crippen LogP) is 2.00. The van der Waals surface area contributed by atoms with Crippen molar-refractivity contribution < 1.29 is 4.79 Å². The Morgan fingerprint density at radius 2 is 2.32 bits per heavy atom. The summed E-state index contributed by atoms with van der Waals surface area (Å²) in [6.45, 7) is 0.525. The van der Waals surface area contributed by atoms with Crippen LogP contribution in [0.25, 0.3) is 11.2 Å². The van der Waals surface area contributed by atoms with Crippen molar-refractivity contribution in [1.82, 2.24) is 19.9 Å². The van der Waals surface area contributed by atoms with E-state index in [1.165, 1.54) is 0 Å². The van der Waals surface area contributed by atoms with Gasteiger partial charge in [0.15, 0.2) is 5.65 Å². The molecule has 0 unspecified atom stereocenters. The molecule has 0 aromatic carbocycles. The molecule has 2 rings (SSSR count). The van der Waals surface area contributed by atoms with E-state index >= 15 is 0 Å². The summed E-state index contributed by atoms with van der Waals surface area (Å²) in [7, 11) is 1.62. The molecule has 102 valence electrons. The molecule has 0 fully saturated rings. The molecule has 19 heavy (non-hydrogen) atoms. The zero-order valence-corrected chi connectivity index (χ0v) is 12.0. The predicted molar refractivity (Wildman–Crippen MR) is 75.6 cm³/mol. The Bertz CT molecular complexity index is 597.